The minimum absolute atomic E-state index is 0.168. The van der Waals surface area contributed by atoms with E-state index in [1.165, 1.54) is 38.5 Å². The fraction of sp³-hybridized carbons (Fsp3) is 0.929. The fourth-order valence-corrected chi connectivity index (χ4v) is 3.60. The molecule has 2 aliphatic carbocycles. The van der Waals surface area contributed by atoms with E-state index in [9.17, 15) is 9.90 Å². The van der Waals surface area contributed by atoms with Crippen molar-refractivity contribution >= 4 is 5.97 Å². The lowest BCUT2D eigenvalue weighted by molar-refractivity contribution is -0.144. The number of nitrogens with one attached hydrogen (secondary N) is 1. The summed E-state index contributed by atoms with van der Waals surface area (Å²) < 4.78 is 0. The van der Waals surface area contributed by atoms with E-state index in [0.717, 1.165) is 19.5 Å². The highest BCUT2D eigenvalue weighted by Gasteiger charge is 2.38. The van der Waals surface area contributed by atoms with Crippen molar-refractivity contribution < 1.29 is 9.90 Å². The van der Waals surface area contributed by atoms with Gasteiger partial charge in [0.05, 0.1) is 5.92 Å². The molecule has 3 rings (SSSR count). The first-order valence-corrected chi connectivity index (χ1v) is 7.45. The first-order valence-electron chi connectivity index (χ1n) is 7.45. The van der Waals surface area contributed by atoms with Gasteiger partial charge in [-0.2, -0.15) is 0 Å². The van der Waals surface area contributed by atoms with Crippen molar-refractivity contribution in [3.8, 4) is 0 Å². The molecular formula is C14H24N2O2. The van der Waals surface area contributed by atoms with Crippen LogP contribution in [-0.4, -0.2) is 47.2 Å². The molecule has 102 valence electrons. The molecule has 18 heavy (non-hydrogen) atoms. The average Bonchev–Trinajstić information content (AvgIpc) is 3.09. The molecule has 0 amide bonds. The van der Waals surface area contributed by atoms with E-state index in [1.54, 1.807) is 0 Å². The van der Waals surface area contributed by atoms with Crippen LogP contribution in [0.1, 0.15) is 44.9 Å². The normalized spacial score (nSPS) is 34.9. The summed E-state index contributed by atoms with van der Waals surface area (Å²) in [6, 6.07) is 1.71. The zero-order valence-electron chi connectivity index (χ0n) is 11.0. The highest BCUT2D eigenvalue weighted by Crippen LogP contribution is 2.31. The Hall–Kier alpha value is -0.610. The van der Waals surface area contributed by atoms with Gasteiger partial charge in [-0.15, -0.1) is 0 Å². The van der Waals surface area contributed by atoms with Crippen molar-refractivity contribution in [2.45, 2.75) is 63.1 Å². The van der Waals surface area contributed by atoms with Gasteiger partial charge >= 0.3 is 5.97 Å². The van der Waals surface area contributed by atoms with E-state index < -0.39 is 5.97 Å². The predicted octanol–water partition coefficient (Wildman–Crippen LogP) is 1.46. The molecule has 4 nitrogen and oxygen atoms in total. The smallest absolute Gasteiger partial charge is 0.307 e. The summed E-state index contributed by atoms with van der Waals surface area (Å²) in [6.07, 6.45) is 8.56. The summed E-state index contributed by atoms with van der Waals surface area (Å²) in [5, 5.41) is 13.0. The second kappa shape index (κ2) is 5.17. The maximum atomic E-state index is 11.3. The molecule has 0 aromatic carbocycles. The van der Waals surface area contributed by atoms with Crippen molar-refractivity contribution in [2.24, 2.45) is 5.92 Å². The number of likely N-dealkylation sites (tertiary alicyclic amines) is 1. The number of carboxylic acid groups (broad SMARTS) is 1. The molecule has 2 unspecified atom stereocenters. The number of nitrogens with zero attached hydrogens (tertiary/aromatic N) is 1. The quantitative estimate of drug-likeness (QED) is 0.795. The summed E-state index contributed by atoms with van der Waals surface area (Å²) in [7, 11) is 0. The van der Waals surface area contributed by atoms with Crippen LogP contribution in [0.4, 0.5) is 0 Å². The molecule has 1 saturated heterocycles. The van der Waals surface area contributed by atoms with Crippen LogP contribution < -0.4 is 5.32 Å². The minimum atomic E-state index is -0.612. The van der Waals surface area contributed by atoms with E-state index in [4.69, 9.17) is 0 Å². The van der Waals surface area contributed by atoms with E-state index >= 15 is 0 Å². The van der Waals surface area contributed by atoms with E-state index in [2.05, 4.69) is 10.2 Å². The van der Waals surface area contributed by atoms with Crippen molar-refractivity contribution in [2.75, 3.05) is 13.1 Å². The van der Waals surface area contributed by atoms with Crippen LogP contribution in [0.15, 0.2) is 0 Å². The molecule has 0 bridgehead atoms. The first-order chi connectivity index (χ1) is 8.72. The molecule has 2 atom stereocenters. The zero-order chi connectivity index (χ0) is 12.5. The second-order valence-electron chi connectivity index (χ2n) is 6.30. The Morgan fingerprint density at radius 3 is 2.39 bits per heavy atom. The number of piperidine rings is 1. The maximum Gasteiger partial charge on any atom is 0.307 e. The summed E-state index contributed by atoms with van der Waals surface area (Å²) in [5.74, 6) is -0.781. The zero-order valence-corrected chi connectivity index (χ0v) is 11.0. The molecule has 1 heterocycles. The first kappa shape index (κ1) is 12.4. The second-order valence-corrected chi connectivity index (χ2v) is 6.30. The topological polar surface area (TPSA) is 52.6 Å². The van der Waals surface area contributed by atoms with Crippen LogP contribution in [0.5, 0.6) is 0 Å². The molecule has 0 spiro atoms. The SMILES string of the molecule is O=C(O)C1CC(NC2CCCC2)CN(C2CC2)C1. The number of carboxylic acids is 1. The molecule has 2 saturated carbocycles. The monoisotopic (exact) mass is 252 g/mol. The van der Waals surface area contributed by atoms with Crippen molar-refractivity contribution in [1.29, 1.82) is 0 Å². The molecule has 2 N–H and O–H groups in total. The summed E-state index contributed by atoms with van der Waals surface area (Å²) in [4.78, 5) is 13.7. The summed E-state index contributed by atoms with van der Waals surface area (Å²) in [6.45, 7) is 1.83. The highest BCUT2D eigenvalue weighted by atomic mass is 16.4. The number of aliphatic carboxylic acids is 1. The molecule has 3 aliphatic rings. The third-order valence-electron chi connectivity index (χ3n) is 4.72. The van der Waals surface area contributed by atoms with Gasteiger partial charge in [-0.25, -0.2) is 0 Å². The third kappa shape index (κ3) is 2.86. The van der Waals surface area contributed by atoms with E-state index in [1.807, 2.05) is 0 Å². The van der Waals surface area contributed by atoms with Gasteiger partial charge in [0.15, 0.2) is 0 Å². The lowest BCUT2D eigenvalue weighted by Gasteiger charge is -2.38. The largest absolute Gasteiger partial charge is 0.481 e. The van der Waals surface area contributed by atoms with Gasteiger partial charge in [0, 0.05) is 31.2 Å². The Balaban J connectivity index is 1.59. The molecule has 4 heteroatoms. The van der Waals surface area contributed by atoms with Gasteiger partial charge in [0.25, 0.3) is 0 Å². The summed E-state index contributed by atoms with van der Waals surface area (Å²) >= 11 is 0. The summed E-state index contributed by atoms with van der Waals surface area (Å²) in [5.41, 5.74) is 0. The molecule has 3 fully saturated rings. The third-order valence-corrected chi connectivity index (χ3v) is 4.72. The van der Waals surface area contributed by atoms with E-state index in [0.29, 0.717) is 18.1 Å². The Morgan fingerprint density at radius 2 is 1.78 bits per heavy atom. The van der Waals surface area contributed by atoms with Crippen LogP contribution in [-0.2, 0) is 4.79 Å². The lowest BCUT2D eigenvalue weighted by atomic mass is 9.93. The van der Waals surface area contributed by atoms with Gasteiger partial charge in [0.1, 0.15) is 0 Å². The molecule has 0 aromatic rings. The van der Waals surface area contributed by atoms with Crippen LogP contribution in [0.25, 0.3) is 0 Å². The Kier molecular flexibility index (Phi) is 3.57. The lowest BCUT2D eigenvalue weighted by Crippen LogP contribution is -2.53. The van der Waals surface area contributed by atoms with E-state index in [-0.39, 0.29) is 5.92 Å². The molecule has 0 radical (unpaired) electrons. The number of carbonyl (C=O) groups is 1. The molecule has 0 aromatic heterocycles. The predicted molar refractivity (Wildman–Crippen MR) is 69.5 cm³/mol. The van der Waals surface area contributed by atoms with Gasteiger partial charge in [-0.3, -0.25) is 9.69 Å². The maximum absolute atomic E-state index is 11.3. The Bertz CT molecular complexity index is 309. The van der Waals surface area contributed by atoms with Gasteiger partial charge in [-0.05, 0) is 32.1 Å². The van der Waals surface area contributed by atoms with Crippen LogP contribution in [0, 0.1) is 5.92 Å². The van der Waals surface area contributed by atoms with Gasteiger partial charge in [0.2, 0.25) is 0 Å². The van der Waals surface area contributed by atoms with Crippen molar-refractivity contribution in [3.05, 3.63) is 0 Å². The Labute approximate surface area is 109 Å². The number of rotatable bonds is 4. The van der Waals surface area contributed by atoms with Crippen LogP contribution >= 0.6 is 0 Å². The molecular weight excluding hydrogens is 228 g/mol. The minimum Gasteiger partial charge on any atom is -0.481 e. The Morgan fingerprint density at radius 1 is 1.06 bits per heavy atom. The highest BCUT2D eigenvalue weighted by molar-refractivity contribution is 5.70. The van der Waals surface area contributed by atoms with Gasteiger partial charge in [-0.1, -0.05) is 12.8 Å². The van der Waals surface area contributed by atoms with Crippen molar-refractivity contribution in [1.82, 2.24) is 10.2 Å². The van der Waals surface area contributed by atoms with Crippen LogP contribution in [0.2, 0.25) is 0 Å². The van der Waals surface area contributed by atoms with Gasteiger partial charge < -0.3 is 10.4 Å². The number of hydrogen-bond acceptors (Lipinski definition) is 3. The standard InChI is InChI=1S/C14H24N2O2/c17-14(18)10-7-12(15-11-3-1-2-4-11)9-16(8-10)13-5-6-13/h10-13,15H,1-9H2,(H,17,18). The average molecular weight is 252 g/mol. The molecule has 1 aliphatic heterocycles. The van der Waals surface area contributed by atoms with Crippen LogP contribution in [0.3, 0.4) is 0 Å². The fourth-order valence-electron chi connectivity index (χ4n) is 3.60. The van der Waals surface area contributed by atoms with Crippen molar-refractivity contribution in [3.63, 3.8) is 0 Å². The number of hydrogen-bond donors (Lipinski definition) is 2.